The highest BCUT2D eigenvalue weighted by molar-refractivity contribution is 6.00. The quantitative estimate of drug-likeness (QED) is 0.806. The number of anilines is 2. The molecule has 0 unspecified atom stereocenters. The highest BCUT2D eigenvalue weighted by Crippen LogP contribution is 2.15. The van der Waals surface area contributed by atoms with E-state index in [1.807, 2.05) is 6.92 Å². The number of hydrogen-bond donors (Lipinski definition) is 3. The van der Waals surface area contributed by atoms with Crippen LogP contribution in [-0.4, -0.2) is 26.9 Å². The Bertz CT molecular complexity index is 684. The number of halogens is 1. The molecule has 1 aromatic carbocycles. The van der Waals surface area contributed by atoms with E-state index in [9.17, 15) is 14.0 Å². The number of benzene rings is 1. The number of carbonyl (C=O) groups is 2. The minimum atomic E-state index is -1.40. The number of carboxylic acid groups (broad SMARTS) is 1. The topological polar surface area (TPSA) is 96.2 Å². The van der Waals surface area contributed by atoms with Gasteiger partial charge in [-0.2, -0.15) is 5.10 Å². The molecule has 21 heavy (non-hydrogen) atoms. The van der Waals surface area contributed by atoms with E-state index in [0.29, 0.717) is 12.2 Å². The monoisotopic (exact) mass is 292 g/mol. The van der Waals surface area contributed by atoms with E-state index in [0.717, 1.165) is 12.1 Å². The Morgan fingerprint density at radius 1 is 1.33 bits per heavy atom. The average Bonchev–Trinajstić information content (AvgIpc) is 2.88. The van der Waals surface area contributed by atoms with Crippen molar-refractivity contribution in [1.82, 2.24) is 9.78 Å². The predicted molar refractivity (Wildman–Crippen MR) is 73.9 cm³/mol. The Kier molecular flexibility index (Phi) is 4.17. The Labute approximate surface area is 119 Å². The number of nitrogens with zero attached hydrogens (tertiary/aromatic N) is 2. The summed E-state index contributed by atoms with van der Waals surface area (Å²) in [5.74, 6) is -2.27. The van der Waals surface area contributed by atoms with Gasteiger partial charge in [-0.15, -0.1) is 0 Å². The van der Waals surface area contributed by atoms with Crippen LogP contribution in [0.25, 0.3) is 0 Å². The second-order valence-corrected chi connectivity index (χ2v) is 4.16. The molecular weight excluding hydrogens is 279 g/mol. The molecule has 0 aliphatic heterocycles. The number of carboxylic acids is 1. The van der Waals surface area contributed by atoms with Gasteiger partial charge in [-0.05, 0) is 25.1 Å². The lowest BCUT2D eigenvalue weighted by Gasteiger charge is -2.07. The maximum atomic E-state index is 13.2. The first kappa shape index (κ1) is 14.5. The van der Waals surface area contributed by atoms with E-state index in [-0.39, 0.29) is 5.69 Å². The van der Waals surface area contributed by atoms with Crippen molar-refractivity contribution in [2.75, 3.05) is 10.6 Å². The maximum Gasteiger partial charge on any atom is 0.338 e. The van der Waals surface area contributed by atoms with Crippen LogP contribution in [0.15, 0.2) is 30.6 Å². The number of aromatic carboxylic acids is 1. The highest BCUT2D eigenvalue weighted by Gasteiger charge is 2.12. The van der Waals surface area contributed by atoms with E-state index >= 15 is 0 Å². The molecule has 110 valence electrons. The fourth-order valence-electron chi connectivity index (χ4n) is 1.66. The molecule has 0 saturated heterocycles. The third-order valence-electron chi connectivity index (χ3n) is 2.67. The van der Waals surface area contributed by atoms with Gasteiger partial charge in [-0.25, -0.2) is 14.0 Å². The Balaban J connectivity index is 2.05. The first-order valence-corrected chi connectivity index (χ1v) is 6.13. The number of aryl methyl sites for hydroxylation is 1. The zero-order chi connectivity index (χ0) is 15.4. The van der Waals surface area contributed by atoms with E-state index in [4.69, 9.17) is 5.11 Å². The van der Waals surface area contributed by atoms with Crippen molar-refractivity contribution in [3.63, 3.8) is 0 Å². The molecular formula is C13H13FN4O3. The molecule has 7 nitrogen and oxygen atoms in total. The number of aromatic nitrogens is 2. The summed E-state index contributed by atoms with van der Waals surface area (Å²) in [6.07, 6.45) is 3.13. The number of carbonyl (C=O) groups excluding carboxylic acids is 1. The summed E-state index contributed by atoms with van der Waals surface area (Å²) in [6.45, 7) is 2.58. The van der Waals surface area contributed by atoms with Crippen molar-refractivity contribution >= 4 is 23.4 Å². The second-order valence-electron chi connectivity index (χ2n) is 4.16. The molecule has 0 fully saturated rings. The molecule has 0 aliphatic carbocycles. The van der Waals surface area contributed by atoms with Crippen molar-refractivity contribution in [1.29, 1.82) is 0 Å². The van der Waals surface area contributed by atoms with Crippen molar-refractivity contribution in [3.8, 4) is 0 Å². The second kappa shape index (κ2) is 6.04. The lowest BCUT2D eigenvalue weighted by atomic mass is 10.2. The average molecular weight is 292 g/mol. The summed E-state index contributed by atoms with van der Waals surface area (Å²) in [7, 11) is 0. The Hall–Kier alpha value is -2.90. The van der Waals surface area contributed by atoms with E-state index in [2.05, 4.69) is 15.7 Å². The van der Waals surface area contributed by atoms with Crippen LogP contribution in [0.2, 0.25) is 0 Å². The normalized spacial score (nSPS) is 10.2. The molecule has 1 heterocycles. The molecule has 0 radical (unpaired) electrons. The molecule has 2 amide bonds. The standard InChI is InChI=1S/C13H13FN4O3/c1-2-18-7-9(6-15-18)17-13(21)16-8-3-4-11(14)10(5-8)12(19)20/h3-7H,2H2,1H3,(H,19,20)(H2,16,17,21). The van der Waals surface area contributed by atoms with Gasteiger partial charge in [0.25, 0.3) is 0 Å². The molecule has 0 bridgehead atoms. The van der Waals surface area contributed by atoms with Gasteiger partial charge in [0.15, 0.2) is 0 Å². The van der Waals surface area contributed by atoms with Crippen LogP contribution < -0.4 is 10.6 Å². The SMILES string of the molecule is CCn1cc(NC(=O)Nc2ccc(F)c(C(=O)O)c2)cn1. The fraction of sp³-hybridized carbons (Fsp3) is 0.154. The molecule has 2 rings (SSSR count). The first-order valence-electron chi connectivity index (χ1n) is 6.13. The first-order chi connectivity index (χ1) is 9.99. The van der Waals surface area contributed by atoms with Crippen molar-refractivity contribution in [2.24, 2.45) is 0 Å². The van der Waals surface area contributed by atoms with Crippen molar-refractivity contribution in [2.45, 2.75) is 13.5 Å². The molecule has 8 heteroatoms. The zero-order valence-electron chi connectivity index (χ0n) is 11.1. The van der Waals surface area contributed by atoms with Gasteiger partial charge in [0, 0.05) is 18.4 Å². The van der Waals surface area contributed by atoms with Gasteiger partial charge in [-0.3, -0.25) is 4.68 Å². The van der Waals surface area contributed by atoms with Gasteiger partial charge in [0.2, 0.25) is 0 Å². The largest absolute Gasteiger partial charge is 0.478 e. The lowest BCUT2D eigenvalue weighted by Crippen LogP contribution is -2.19. The van der Waals surface area contributed by atoms with Gasteiger partial charge >= 0.3 is 12.0 Å². The minimum absolute atomic E-state index is 0.175. The van der Waals surface area contributed by atoms with Gasteiger partial charge in [0.05, 0.1) is 17.4 Å². The number of hydrogen-bond acceptors (Lipinski definition) is 3. The summed E-state index contributed by atoms with van der Waals surface area (Å²) in [6, 6.07) is 2.73. The number of nitrogens with one attached hydrogen (secondary N) is 2. The number of rotatable bonds is 4. The van der Waals surface area contributed by atoms with Crippen LogP contribution in [0.3, 0.4) is 0 Å². The fourth-order valence-corrected chi connectivity index (χ4v) is 1.66. The smallest absolute Gasteiger partial charge is 0.338 e. The van der Waals surface area contributed by atoms with Crippen LogP contribution in [0.1, 0.15) is 17.3 Å². The van der Waals surface area contributed by atoms with Crippen molar-refractivity contribution < 1.29 is 19.1 Å². The molecule has 3 N–H and O–H groups in total. The van der Waals surface area contributed by atoms with E-state index < -0.39 is 23.4 Å². The maximum absolute atomic E-state index is 13.2. The molecule has 1 aromatic heterocycles. The van der Waals surface area contributed by atoms with Crippen LogP contribution in [-0.2, 0) is 6.54 Å². The van der Waals surface area contributed by atoms with Gasteiger partial charge < -0.3 is 15.7 Å². The lowest BCUT2D eigenvalue weighted by molar-refractivity contribution is 0.0692. The summed E-state index contributed by atoms with van der Waals surface area (Å²) < 4.78 is 14.9. The molecule has 0 aliphatic rings. The zero-order valence-corrected chi connectivity index (χ0v) is 11.1. The summed E-state index contributed by atoms with van der Waals surface area (Å²) >= 11 is 0. The van der Waals surface area contributed by atoms with Crippen LogP contribution in [0, 0.1) is 5.82 Å². The number of amides is 2. The van der Waals surface area contributed by atoms with Gasteiger partial charge in [-0.1, -0.05) is 0 Å². The Morgan fingerprint density at radius 2 is 2.05 bits per heavy atom. The molecule has 0 atom stereocenters. The third kappa shape index (κ3) is 3.56. The number of urea groups is 1. The van der Waals surface area contributed by atoms with Crippen molar-refractivity contribution in [3.05, 3.63) is 42.0 Å². The van der Waals surface area contributed by atoms with Crippen LogP contribution >= 0.6 is 0 Å². The predicted octanol–water partition coefficient (Wildman–Crippen LogP) is 2.38. The molecule has 0 saturated carbocycles. The third-order valence-corrected chi connectivity index (χ3v) is 2.67. The Morgan fingerprint density at radius 3 is 2.67 bits per heavy atom. The van der Waals surface area contributed by atoms with Gasteiger partial charge in [0.1, 0.15) is 5.82 Å². The van der Waals surface area contributed by atoms with Crippen LogP contribution in [0.4, 0.5) is 20.6 Å². The van der Waals surface area contributed by atoms with E-state index in [1.54, 1.807) is 10.9 Å². The summed E-state index contributed by atoms with van der Waals surface area (Å²) in [5, 5.41) is 17.8. The molecule has 2 aromatic rings. The summed E-state index contributed by atoms with van der Waals surface area (Å²) in [5.41, 5.74) is 0.163. The van der Waals surface area contributed by atoms with Crippen LogP contribution in [0.5, 0.6) is 0 Å². The molecule has 0 spiro atoms. The minimum Gasteiger partial charge on any atom is -0.478 e. The van der Waals surface area contributed by atoms with E-state index in [1.165, 1.54) is 12.3 Å². The highest BCUT2D eigenvalue weighted by atomic mass is 19.1. The summed E-state index contributed by atoms with van der Waals surface area (Å²) in [4.78, 5) is 22.6.